The van der Waals surface area contributed by atoms with Gasteiger partial charge in [0.15, 0.2) is 0 Å². The SMILES string of the molecule is CNCc1ccc(OC2CCOC2)nc1. The van der Waals surface area contributed by atoms with E-state index in [-0.39, 0.29) is 6.10 Å². The van der Waals surface area contributed by atoms with Crippen LogP contribution in [0.2, 0.25) is 0 Å². The first-order chi connectivity index (χ1) is 7.38. The molecule has 1 fully saturated rings. The number of nitrogens with zero attached hydrogens (tertiary/aromatic N) is 1. The number of aromatic nitrogens is 1. The summed E-state index contributed by atoms with van der Waals surface area (Å²) in [5, 5.41) is 3.08. The first kappa shape index (κ1) is 10.4. The Morgan fingerprint density at radius 1 is 1.60 bits per heavy atom. The van der Waals surface area contributed by atoms with Crippen LogP contribution in [0, 0.1) is 0 Å². The lowest BCUT2D eigenvalue weighted by Gasteiger charge is -2.10. The summed E-state index contributed by atoms with van der Waals surface area (Å²) in [4.78, 5) is 4.24. The average Bonchev–Trinajstić information content (AvgIpc) is 2.74. The summed E-state index contributed by atoms with van der Waals surface area (Å²) < 4.78 is 10.9. The molecule has 2 rings (SSSR count). The highest BCUT2D eigenvalue weighted by Gasteiger charge is 2.17. The molecule has 0 amide bonds. The van der Waals surface area contributed by atoms with Gasteiger partial charge in [-0.2, -0.15) is 0 Å². The van der Waals surface area contributed by atoms with Crippen molar-refractivity contribution in [3.63, 3.8) is 0 Å². The third-order valence-electron chi connectivity index (χ3n) is 2.35. The second-order valence-corrected chi connectivity index (χ2v) is 3.64. The third kappa shape index (κ3) is 2.91. The topological polar surface area (TPSA) is 43.4 Å². The van der Waals surface area contributed by atoms with Crippen LogP contribution in [-0.2, 0) is 11.3 Å². The molecule has 15 heavy (non-hydrogen) atoms. The first-order valence-electron chi connectivity index (χ1n) is 5.22. The van der Waals surface area contributed by atoms with Gasteiger partial charge in [-0.1, -0.05) is 6.07 Å². The molecule has 1 aliphatic rings. The molecule has 1 unspecified atom stereocenters. The largest absolute Gasteiger partial charge is 0.472 e. The van der Waals surface area contributed by atoms with E-state index in [9.17, 15) is 0 Å². The van der Waals surface area contributed by atoms with Crippen molar-refractivity contribution in [3.8, 4) is 5.88 Å². The van der Waals surface area contributed by atoms with Crippen molar-refractivity contribution in [1.29, 1.82) is 0 Å². The number of rotatable bonds is 4. The van der Waals surface area contributed by atoms with E-state index in [1.54, 1.807) is 0 Å². The lowest BCUT2D eigenvalue weighted by molar-refractivity contribution is 0.138. The van der Waals surface area contributed by atoms with Crippen LogP contribution in [0.15, 0.2) is 18.3 Å². The smallest absolute Gasteiger partial charge is 0.213 e. The van der Waals surface area contributed by atoms with Crippen LogP contribution in [0.25, 0.3) is 0 Å². The molecule has 1 aliphatic heterocycles. The summed E-state index contributed by atoms with van der Waals surface area (Å²) in [7, 11) is 1.92. The number of hydrogen-bond donors (Lipinski definition) is 1. The fraction of sp³-hybridized carbons (Fsp3) is 0.545. The van der Waals surface area contributed by atoms with E-state index >= 15 is 0 Å². The van der Waals surface area contributed by atoms with Crippen LogP contribution in [0.3, 0.4) is 0 Å². The molecular formula is C11H16N2O2. The molecule has 0 aliphatic carbocycles. The Morgan fingerprint density at radius 2 is 2.53 bits per heavy atom. The molecule has 0 aromatic carbocycles. The molecular weight excluding hydrogens is 192 g/mol. The Kier molecular flexibility index (Phi) is 3.53. The average molecular weight is 208 g/mol. The van der Waals surface area contributed by atoms with Gasteiger partial charge in [0, 0.05) is 25.2 Å². The maximum atomic E-state index is 5.65. The minimum Gasteiger partial charge on any atom is -0.472 e. The zero-order chi connectivity index (χ0) is 10.5. The van der Waals surface area contributed by atoms with E-state index in [1.165, 1.54) is 0 Å². The Balaban J connectivity index is 1.91. The van der Waals surface area contributed by atoms with Gasteiger partial charge in [0.1, 0.15) is 6.10 Å². The van der Waals surface area contributed by atoms with Gasteiger partial charge in [-0.05, 0) is 12.6 Å². The van der Waals surface area contributed by atoms with E-state index in [0.717, 1.165) is 25.1 Å². The van der Waals surface area contributed by atoms with Crippen LogP contribution in [0.4, 0.5) is 0 Å². The lowest BCUT2D eigenvalue weighted by atomic mass is 10.3. The molecule has 1 N–H and O–H groups in total. The summed E-state index contributed by atoms with van der Waals surface area (Å²) in [5.41, 5.74) is 1.16. The highest BCUT2D eigenvalue weighted by molar-refractivity contribution is 5.17. The molecule has 0 saturated carbocycles. The molecule has 1 aromatic heterocycles. The van der Waals surface area contributed by atoms with E-state index < -0.39 is 0 Å². The van der Waals surface area contributed by atoms with Crippen molar-refractivity contribution in [2.24, 2.45) is 0 Å². The Morgan fingerprint density at radius 3 is 3.13 bits per heavy atom. The molecule has 0 bridgehead atoms. The number of hydrogen-bond acceptors (Lipinski definition) is 4. The lowest BCUT2D eigenvalue weighted by Crippen LogP contribution is -2.16. The van der Waals surface area contributed by atoms with Crippen molar-refractivity contribution in [2.75, 3.05) is 20.3 Å². The Labute approximate surface area is 89.6 Å². The van der Waals surface area contributed by atoms with E-state index in [0.29, 0.717) is 12.5 Å². The standard InChI is InChI=1S/C11H16N2O2/c1-12-6-9-2-3-11(13-7-9)15-10-4-5-14-8-10/h2-3,7,10,12H,4-6,8H2,1H3. The van der Waals surface area contributed by atoms with Crippen LogP contribution in [-0.4, -0.2) is 31.3 Å². The fourth-order valence-electron chi connectivity index (χ4n) is 1.57. The first-order valence-corrected chi connectivity index (χ1v) is 5.22. The summed E-state index contributed by atoms with van der Waals surface area (Å²) in [5.74, 6) is 0.686. The van der Waals surface area contributed by atoms with Gasteiger partial charge in [0.2, 0.25) is 5.88 Å². The normalized spacial score (nSPS) is 20.5. The van der Waals surface area contributed by atoms with Gasteiger partial charge in [0.05, 0.1) is 13.2 Å². The van der Waals surface area contributed by atoms with Gasteiger partial charge in [0.25, 0.3) is 0 Å². The third-order valence-corrected chi connectivity index (χ3v) is 2.35. The van der Waals surface area contributed by atoms with Crippen LogP contribution < -0.4 is 10.1 Å². The minimum atomic E-state index is 0.174. The van der Waals surface area contributed by atoms with E-state index in [4.69, 9.17) is 9.47 Å². The molecule has 0 spiro atoms. The van der Waals surface area contributed by atoms with Gasteiger partial charge in [-0.3, -0.25) is 0 Å². The predicted molar refractivity (Wildman–Crippen MR) is 56.9 cm³/mol. The highest BCUT2D eigenvalue weighted by Crippen LogP contribution is 2.14. The molecule has 82 valence electrons. The van der Waals surface area contributed by atoms with E-state index in [2.05, 4.69) is 10.3 Å². The number of nitrogens with one attached hydrogen (secondary N) is 1. The van der Waals surface area contributed by atoms with Crippen LogP contribution in [0.1, 0.15) is 12.0 Å². The molecule has 4 heteroatoms. The predicted octanol–water partition coefficient (Wildman–Crippen LogP) is 0.969. The Hall–Kier alpha value is -1.13. The van der Waals surface area contributed by atoms with Crippen molar-refractivity contribution < 1.29 is 9.47 Å². The van der Waals surface area contributed by atoms with Crippen LogP contribution >= 0.6 is 0 Å². The fourth-order valence-corrected chi connectivity index (χ4v) is 1.57. The molecule has 2 heterocycles. The minimum absolute atomic E-state index is 0.174. The number of pyridine rings is 1. The second-order valence-electron chi connectivity index (χ2n) is 3.64. The molecule has 1 atom stereocenters. The van der Waals surface area contributed by atoms with Crippen molar-refractivity contribution >= 4 is 0 Å². The van der Waals surface area contributed by atoms with Gasteiger partial charge < -0.3 is 14.8 Å². The molecule has 0 radical (unpaired) electrons. The quantitative estimate of drug-likeness (QED) is 0.800. The zero-order valence-electron chi connectivity index (χ0n) is 8.90. The highest BCUT2D eigenvalue weighted by atomic mass is 16.5. The van der Waals surface area contributed by atoms with E-state index in [1.807, 2.05) is 25.4 Å². The van der Waals surface area contributed by atoms with Crippen molar-refractivity contribution in [2.45, 2.75) is 19.1 Å². The van der Waals surface area contributed by atoms with Gasteiger partial charge in [-0.15, -0.1) is 0 Å². The van der Waals surface area contributed by atoms with Crippen molar-refractivity contribution in [1.82, 2.24) is 10.3 Å². The zero-order valence-corrected chi connectivity index (χ0v) is 8.90. The summed E-state index contributed by atoms with van der Waals surface area (Å²) in [6.45, 7) is 2.31. The maximum absolute atomic E-state index is 5.65. The maximum Gasteiger partial charge on any atom is 0.213 e. The van der Waals surface area contributed by atoms with Gasteiger partial charge >= 0.3 is 0 Å². The van der Waals surface area contributed by atoms with Crippen LogP contribution in [0.5, 0.6) is 5.88 Å². The summed E-state index contributed by atoms with van der Waals surface area (Å²) >= 11 is 0. The Bertz CT molecular complexity index is 294. The second kappa shape index (κ2) is 5.09. The summed E-state index contributed by atoms with van der Waals surface area (Å²) in [6, 6.07) is 3.93. The summed E-state index contributed by atoms with van der Waals surface area (Å²) in [6.07, 6.45) is 2.97. The van der Waals surface area contributed by atoms with Crippen molar-refractivity contribution in [3.05, 3.63) is 23.9 Å². The number of ether oxygens (including phenoxy) is 2. The molecule has 1 saturated heterocycles. The molecule has 1 aromatic rings. The molecule has 4 nitrogen and oxygen atoms in total. The van der Waals surface area contributed by atoms with Gasteiger partial charge in [-0.25, -0.2) is 4.98 Å². The monoisotopic (exact) mass is 208 g/mol.